The van der Waals surface area contributed by atoms with Gasteiger partial charge in [0.25, 0.3) is 0 Å². The van der Waals surface area contributed by atoms with Gasteiger partial charge in [-0.3, -0.25) is 4.98 Å². The number of hydrogen-bond donors (Lipinski definition) is 2. The lowest BCUT2D eigenvalue weighted by molar-refractivity contribution is 0.432. The molecular weight excluding hydrogens is 329 g/mol. The maximum atomic E-state index is 13.8. The number of benzene rings is 1. The molecule has 26 heavy (non-hydrogen) atoms. The SMILES string of the molecule is CCc1nccc(-c2ccc(O)c(F)c2)c1C#Cc1ccc(NC)nc1. The molecule has 2 aromatic heterocycles. The molecule has 0 saturated carbocycles. The van der Waals surface area contributed by atoms with Gasteiger partial charge in [-0.2, -0.15) is 0 Å². The molecule has 0 spiro atoms. The monoisotopic (exact) mass is 347 g/mol. The van der Waals surface area contributed by atoms with E-state index < -0.39 is 5.82 Å². The fourth-order valence-electron chi connectivity index (χ4n) is 2.58. The summed E-state index contributed by atoms with van der Waals surface area (Å²) < 4.78 is 13.8. The van der Waals surface area contributed by atoms with Crippen LogP contribution in [0.5, 0.6) is 5.75 Å². The number of hydrogen-bond acceptors (Lipinski definition) is 4. The van der Waals surface area contributed by atoms with Crippen LogP contribution in [0.4, 0.5) is 10.2 Å². The zero-order valence-corrected chi connectivity index (χ0v) is 14.5. The molecule has 130 valence electrons. The number of rotatable bonds is 3. The largest absolute Gasteiger partial charge is 0.505 e. The van der Waals surface area contributed by atoms with Gasteiger partial charge in [0.1, 0.15) is 5.82 Å². The number of pyridine rings is 2. The second kappa shape index (κ2) is 7.66. The average molecular weight is 347 g/mol. The van der Waals surface area contributed by atoms with Gasteiger partial charge >= 0.3 is 0 Å². The van der Waals surface area contributed by atoms with Crippen LogP contribution >= 0.6 is 0 Å². The molecule has 2 heterocycles. The summed E-state index contributed by atoms with van der Waals surface area (Å²) >= 11 is 0. The van der Waals surface area contributed by atoms with E-state index in [9.17, 15) is 9.50 Å². The molecule has 0 unspecified atom stereocenters. The van der Waals surface area contributed by atoms with Crippen LogP contribution in [0.2, 0.25) is 0 Å². The lowest BCUT2D eigenvalue weighted by Crippen LogP contribution is -1.96. The Morgan fingerprint density at radius 3 is 2.62 bits per heavy atom. The fraction of sp³-hybridized carbons (Fsp3) is 0.143. The third-order valence-corrected chi connectivity index (χ3v) is 3.97. The van der Waals surface area contributed by atoms with Crippen molar-refractivity contribution in [2.24, 2.45) is 0 Å². The molecule has 0 saturated heterocycles. The highest BCUT2D eigenvalue weighted by molar-refractivity contribution is 5.73. The molecule has 0 fully saturated rings. The van der Waals surface area contributed by atoms with Crippen molar-refractivity contribution in [3.63, 3.8) is 0 Å². The molecule has 0 radical (unpaired) electrons. The Labute approximate surface area is 151 Å². The first-order chi connectivity index (χ1) is 12.6. The normalized spacial score (nSPS) is 10.1. The van der Waals surface area contributed by atoms with Crippen LogP contribution in [0.15, 0.2) is 48.8 Å². The molecule has 0 amide bonds. The van der Waals surface area contributed by atoms with Crippen molar-refractivity contribution in [2.75, 3.05) is 12.4 Å². The van der Waals surface area contributed by atoms with Crippen molar-refractivity contribution in [1.29, 1.82) is 0 Å². The van der Waals surface area contributed by atoms with Gasteiger partial charge < -0.3 is 10.4 Å². The van der Waals surface area contributed by atoms with Crippen LogP contribution in [0.25, 0.3) is 11.1 Å². The van der Waals surface area contributed by atoms with E-state index in [1.54, 1.807) is 31.6 Å². The molecule has 0 aliphatic carbocycles. The van der Waals surface area contributed by atoms with E-state index in [0.29, 0.717) is 12.0 Å². The average Bonchev–Trinajstić information content (AvgIpc) is 2.68. The number of nitrogens with zero attached hydrogens (tertiary/aromatic N) is 2. The summed E-state index contributed by atoms with van der Waals surface area (Å²) in [5, 5.41) is 12.4. The van der Waals surface area contributed by atoms with Crippen LogP contribution in [0, 0.1) is 17.7 Å². The number of phenols is 1. The zero-order chi connectivity index (χ0) is 18.5. The first-order valence-corrected chi connectivity index (χ1v) is 8.25. The predicted molar refractivity (Wildman–Crippen MR) is 100 cm³/mol. The molecule has 5 heteroatoms. The summed E-state index contributed by atoms with van der Waals surface area (Å²) in [5.41, 5.74) is 3.78. The van der Waals surface area contributed by atoms with Crippen molar-refractivity contribution in [3.8, 4) is 28.7 Å². The molecule has 0 atom stereocenters. The van der Waals surface area contributed by atoms with E-state index in [1.165, 1.54) is 12.1 Å². The fourth-order valence-corrected chi connectivity index (χ4v) is 2.58. The molecule has 3 aromatic rings. The Morgan fingerprint density at radius 2 is 1.96 bits per heavy atom. The van der Waals surface area contributed by atoms with Gasteiger partial charge in [0.15, 0.2) is 11.6 Å². The smallest absolute Gasteiger partial charge is 0.165 e. The summed E-state index contributed by atoms with van der Waals surface area (Å²) in [5.74, 6) is 5.99. The Kier molecular flexibility index (Phi) is 5.14. The van der Waals surface area contributed by atoms with Crippen LogP contribution in [0.1, 0.15) is 23.7 Å². The third-order valence-electron chi connectivity index (χ3n) is 3.97. The van der Waals surface area contributed by atoms with Crippen molar-refractivity contribution >= 4 is 5.82 Å². The van der Waals surface area contributed by atoms with Crippen LogP contribution < -0.4 is 5.32 Å². The number of aromatic nitrogens is 2. The predicted octanol–water partition coefficient (Wildman–Crippen LogP) is 3.99. The van der Waals surface area contributed by atoms with Gasteiger partial charge in [-0.05, 0) is 42.3 Å². The highest BCUT2D eigenvalue weighted by Gasteiger charge is 2.11. The lowest BCUT2D eigenvalue weighted by Gasteiger charge is -2.09. The highest BCUT2D eigenvalue weighted by Crippen LogP contribution is 2.28. The summed E-state index contributed by atoms with van der Waals surface area (Å²) in [4.78, 5) is 8.64. The first kappa shape index (κ1) is 17.4. The number of halogens is 1. The van der Waals surface area contributed by atoms with Crippen LogP contribution in [-0.4, -0.2) is 22.1 Å². The van der Waals surface area contributed by atoms with Gasteiger partial charge in [0.2, 0.25) is 0 Å². The molecule has 0 aliphatic rings. The standard InChI is InChI=1S/C21H18FN3O/c1-3-19-17(7-4-14-5-9-21(23-2)25-13-14)16(10-11-24-19)15-6-8-20(26)18(22)12-15/h5-6,8-13,26H,3H2,1-2H3,(H,23,25). The van der Waals surface area contributed by atoms with Gasteiger partial charge in [-0.1, -0.05) is 24.8 Å². The number of aryl methyl sites for hydroxylation is 1. The molecule has 3 rings (SSSR count). The maximum absolute atomic E-state index is 13.8. The van der Waals surface area contributed by atoms with E-state index in [4.69, 9.17) is 0 Å². The highest BCUT2D eigenvalue weighted by atomic mass is 19.1. The summed E-state index contributed by atoms with van der Waals surface area (Å²) in [7, 11) is 1.81. The Balaban J connectivity index is 2.08. The summed E-state index contributed by atoms with van der Waals surface area (Å²) in [6.45, 7) is 2.00. The Hall–Kier alpha value is -3.39. The second-order valence-corrected chi connectivity index (χ2v) is 5.63. The van der Waals surface area contributed by atoms with Gasteiger partial charge in [0.05, 0.1) is 11.3 Å². The molecule has 4 nitrogen and oxygen atoms in total. The maximum Gasteiger partial charge on any atom is 0.165 e. The molecule has 0 bridgehead atoms. The molecule has 0 aliphatic heterocycles. The van der Waals surface area contributed by atoms with E-state index in [0.717, 1.165) is 28.2 Å². The Bertz CT molecular complexity index is 988. The molecule has 1 aromatic carbocycles. The van der Waals surface area contributed by atoms with E-state index in [2.05, 4.69) is 27.1 Å². The van der Waals surface area contributed by atoms with Gasteiger partial charge in [-0.25, -0.2) is 9.37 Å². The quantitative estimate of drug-likeness (QED) is 0.704. The van der Waals surface area contributed by atoms with Crippen molar-refractivity contribution in [1.82, 2.24) is 9.97 Å². The number of phenolic OH excluding ortho intramolecular Hbond substituents is 1. The minimum absolute atomic E-state index is 0.373. The lowest BCUT2D eigenvalue weighted by atomic mass is 9.98. The van der Waals surface area contributed by atoms with E-state index in [1.807, 2.05) is 19.1 Å². The number of aromatic hydroxyl groups is 1. The second-order valence-electron chi connectivity index (χ2n) is 5.63. The topological polar surface area (TPSA) is 58.0 Å². The molecular formula is C21H18FN3O. The van der Waals surface area contributed by atoms with Crippen molar-refractivity contribution in [2.45, 2.75) is 13.3 Å². The third kappa shape index (κ3) is 3.65. The summed E-state index contributed by atoms with van der Waals surface area (Å²) in [6, 6.07) is 9.85. The Morgan fingerprint density at radius 1 is 1.12 bits per heavy atom. The van der Waals surface area contributed by atoms with E-state index in [-0.39, 0.29) is 5.75 Å². The van der Waals surface area contributed by atoms with E-state index >= 15 is 0 Å². The van der Waals surface area contributed by atoms with Crippen LogP contribution in [0.3, 0.4) is 0 Å². The van der Waals surface area contributed by atoms with Crippen LogP contribution in [-0.2, 0) is 6.42 Å². The minimum Gasteiger partial charge on any atom is -0.505 e. The first-order valence-electron chi connectivity index (χ1n) is 8.25. The summed E-state index contributed by atoms with van der Waals surface area (Å²) in [6.07, 6.45) is 4.09. The van der Waals surface area contributed by atoms with Crippen molar-refractivity contribution < 1.29 is 9.50 Å². The van der Waals surface area contributed by atoms with Crippen molar-refractivity contribution in [3.05, 3.63) is 71.4 Å². The van der Waals surface area contributed by atoms with Gasteiger partial charge in [-0.15, -0.1) is 0 Å². The number of nitrogens with one attached hydrogen (secondary N) is 1. The minimum atomic E-state index is -0.664. The van der Waals surface area contributed by atoms with Gasteiger partial charge in [0, 0.05) is 30.6 Å². The zero-order valence-electron chi connectivity index (χ0n) is 14.5. The number of anilines is 1. The molecule has 2 N–H and O–H groups in total.